The number of ether oxygens (including phenoxy) is 1. The second-order valence-electron chi connectivity index (χ2n) is 5.31. The zero-order valence-electron chi connectivity index (χ0n) is 14.6. The zero-order chi connectivity index (χ0) is 18.6. The van der Waals surface area contributed by atoms with Crippen LogP contribution in [0.4, 0.5) is 11.4 Å². The predicted molar refractivity (Wildman–Crippen MR) is 92.4 cm³/mol. The van der Waals surface area contributed by atoms with Gasteiger partial charge >= 0.3 is 5.97 Å². The third-order valence-corrected chi connectivity index (χ3v) is 3.57. The number of nitrogens with one attached hydrogen (secondary N) is 1. The lowest BCUT2D eigenvalue weighted by molar-refractivity contribution is 0.0513. The van der Waals surface area contributed by atoms with Crippen molar-refractivity contribution in [2.75, 3.05) is 11.9 Å². The first-order chi connectivity index (χ1) is 11.9. The molecule has 0 fully saturated rings. The van der Waals surface area contributed by atoms with Crippen molar-refractivity contribution in [3.05, 3.63) is 45.6 Å². The highest BCUT2D eigenvalue weighted by atomic mass is 16.5. The normalized spacial score (nSPS) is 10.4. The number of esters is 1. The van der Waals surface area contributed by atoms with Gasteiger partial charge in [0.1, 0.15) is 5.69 Å². The van der Waals surface area contributed by atoms with Gasteiger partial charge in [-0.1, -0.05) is 0 Å². The largest absolute Gasteiger partial charge is 0.461 e. The summed E-state index contributed by atoms with van der Waals surface area (Å²) >= 11 is 0. The van der Waals surface area contributed by atoms with Gasteiger partial charge in [0, 0.05) is 12.7 Å². The molecule has 0 unspecified atom stereocenters. The Bertz CT molecular complexity index is 873. The Morgan fingerprint density at radius 1 is 1.32 bits per heavy atom. The van der Waals surface area contributed by atoms with Crippen LogP contribution in [0.25, 0.3) is 0 Å². The number of hydrogen-bond donors (Lipinski definition) is 1. The molecule has 2 aromatic heterocycles. The van der Waals surface area contributed by atoms with Gasteiger partial charge in [-0.25, -0.2) is 9.48 Å². The van der Waals surface area contributed by atoms with Gasteiger partial charge < -0.3 is 10.1 Å². The van der Waals surface area contributed by atoms with Crippen molar-refractivity contribution >= 4 is 23.1 Å². The topological polar surface area (TPSA) is 103 Å². The molecule has 2 aromatic rings. The summed E-state index contributed by atoms with van der Waals surface area (Å²) in [5.74, 6) is -1.21. The average Bonchev–Trinajstić information content (AvgIpc) is 2.58. The van der Waals surface area contributed by atoms with E-state index in [9.17, 15) is 14.4 Å². The van der Waals surface area contributed by atoms with Crippen molar-refractivity contribution in [1.29, 1.82) is 0 Å². The maximum Gasteiger partial charge on any atom is 0.359 e. The molecule has 132 valence electrons. The summed E-state index contributed by atoms with van der Waals surface area (Å²) < 4.78 is 6.10. The number of Topliss-reactive ketones (excluding diaryl/α,β-unsaturated/α-hetero) is 1. The maximum atomic E-state index is 12.7. The van der Waals surface area contributed by atoms with E-state index in [0.29, 0.717) is 5.69 Å². The van der Waals surface area contributed by atoms with Gasteiger partial charge in [0.2, 0.25) is 0 Å². The molecule has 0 aliphatic heterocycles. The van der Waals surface area contributed by atoms with E-state index < -0.39 is 17.3 Å². The quantitative estimate of drug-likeness (QED) is 0.632. The molecule has 0 bridgehead atoms. The lowest BCUT2D eigenvalue weighted by atomic mass is 10.1. The molecular weight excluding hydrogens is 324 g/mol. The summed E-state index contributed by atoms with van der Waals surface area (Å²) in [4.78, 5) is 41.1. The van der Waals surface area contributed by atoms with Crippen LogP contribution in [0.2, 0.25) is 0 Å². The monoisotopic (exact) mass is 344 g/mol. The van der Waals surface area contributed by atoms with Crippen molar-refractivity contribution in [2.45, 2.75) is 34.2 Å². The molecule has 0 aromatic carbocycles. The standard InChI is InChI=1S/C17H20N4O4/c1-5-21-16(23)14(19-12-9-18-8-7-10(12)3)13(11(4)22)15(20-21)17(24)25-6-2/h7-9,19H,5-6H2,1-4H3. The predicted octanol–water partition coefficient (Wildman–Crippen LogP) is 2.09. The van der Waals surface area contributed by atoms with Gasteiger partial charge in [0.05, 0.1) is 24.1 Å². The van der Waals surface area contributed by atoms with Gasteiger partial charge in [-0.15, -0.1) is 0 Å². The smallest absolute Gasteiger partial charge is 0.359 e. The molecule has 0 radical (unpaired) electrons. The van der Waals surface area contributed by atoms with Gasteiger partial charge in [-0.2, -0.15) is 5.10 Å². The van der Waals surface area contributed by atoms with E-state index >= 15 is 0 Å². The molecule has 0 saturated carbocycles. The first kappa shape index (κ1) is 18.3. The molecule has 25 heavy (non-hydrogen) atoms. The average molecular weight is 344 g/mol. The number of aromatic nitrogens is 3. The van der Waals surface area contributed by atoms with Gasteiger partial charge in [0.25, 0.3) is 5.56 Å². The molecular formula is C17H20N4O4. The van der Waals surface area contributed by atoms with Crippen LogP contribution < -0.4 is 10.9 Å². The molecule has 2 rings (SSSR count). The summed E-state index contributed by atoms with van der Waals surface area (Å²) in [6, 6.07) is 1.77. The number of pyridine rings is 1. The highest BCUT2D eigenvalue weighted by Crippen LogP contribution is 2.22. The van der Waals surface area contributed by atoms with Gasteiger partial charge in [0.15, 0.2) is 11.5 Å². The SMILES string of the molecule is CCOC(=O)c1nn(CC)c(=O)c(Nc2cnccc2C)c1C(C)=O. The van der Waals surface area contributed by atoms with Crippen LogP contribution in [-0.2, 0) is 11.3 Å². The number of hydrogen-bond acceptors (Lipinski definition) is 7. The van der Waals surface area contributed by atoms with Crippen LogP contribution in [0.5, 0.6) is 0 Å². The fraction of sp³-hybridized carbons (Fsp3) is 0.353. The minimum absolute atomic E-state index is 0.0106. The summed E-state index contributed by atoms with van der Waals surface area (Å²) in [5, 5.41) is 6.95. The fourth-order valence-electron chi connectivity index (χ4n) is 2.32. The highest BCUT2D eigenvalue weighted by molar-refractivity contribution is 6.08. The first-order valence-corrected chi connectivity index (χ1v) is 7.91. The van der Waals surface area contributed by atoms with Gasteiger partial charge in [-0.05, 0) is 39.3 Å². The van der Waals surface area contributed by atoms with Crippen molar-refractivity contribution in [3.63, 3.8) is 0 Å². The molecule has 8 heteroatoms. The Morgan fingerprint density at radius 2 is 2.04 bits per heavy atom. The van der Waals surface area contributed by atoms with Crippen molar-refractivity contribution in [3.8, 4) is 0 Å². The summed E-state index contributed by atoms with van der Waals surface area (Å²) in [6.07, 6.45) is 3.16. The molecule has 0 spiro atoms. The second-order valence-corrected chi connectivity index (χ2v) is 5.31. The molecule has 0 aliphatic rings. The minimum atomic E-state index is -0.749. The van der Waals surface area contributed by atoms with Crippen LogP contribution in [0.3, 0.4) is 0 Å². The Hall–Kier alpha value is -3.03. The van der Waals surface area contributed by atoms with Crippen molar-refractivity contribution < 1.29 is 14.3 Å². The zero-order valence-corrected chi connectivity index (χ0v) is 14.6. The number of nitrogens with zero attached hydrogens (tertiary/aromatic N) is 3. The van der Waals surface area contributed by atoms with E-state index in [4.69, 9.17) is 4.74 Å². The molecule has 2 heterocycles. The Balaban J connectivity index is 2.73. The lowest BCUT2D eigenvalue weighted by Crippen LogP contribution is -2.31. The van der Waals surface area contributed by atoms with E-state index in [1.54, 1.807) is 32.3 Å². The molecule has 0 atom stereocenters. The maximum absolute atomic E-state index is 12.7. The highest BCUT2D eigenvalue weighted by Gasteiger charge is 2.26. The number of carbonyl (C=O) groups excluding carboxylic acids is 2. The molecule has 1 N–H and O–H groups in total. The van der Waals surface area contributed by atoms with E-state index in [1.165, 1.54) is 6.92 Å². The van der Waals surface area contributed by atoms with Crippen LogP contribution in [0, 0.1) is 6.92 Å². The fourth-order valence-corrected chi connectivity index (χ4v) is 2.32. The third kappa shape index (κ3) is 3.73. The lowest BCUT2D eigenvalue weighted by Gasteiger charge is -2.15. The summed E-state index contributed by atoms with van der Waals surface area (Å²) in [7, 11) is 0. The van der Waals surface area contributed by atoms with Crippen LogP contribution in [0.1, 0.15) is 47.2 Å². The first-order valence-electron chi connectivity index (χ1n) is 7.91. The Kier molecular flexibility index (Phi) is 5.63. The third-order valence-electron chi connectivity index (χ3n) is 3.57. The second kappa shape index (κ2) is 7.69. The summed E-state index contributed by atoms with van der Waals surface area (Å²) in [6.45, 7) is 6.85. The molecule has 0 saturated heterocycles. The van der Waals surface area contributed by atoms with Gasteiger partial charge in [-0.3, -0.25) is 14.6 Å². The van der Waals surface area contributed by atoms with E-state index in [-0.39, 0.29) is 30.1 Å². The number of anilines is 2. The minimum Gasteiger partial charge on any atom is -0.461 e. The van der Waals surface area contributed by atoms with Crippen LogP contribution >= 0.6 is 0 Å². The summed E-state index contributed by atoms with van der Waals surface area (Å²) in [5.41, 5.74) is 0.621. The Morgan fingerprint density at radius 3 is 2.60 bits per heavy atom. The number of carbonyl (C=O) groups is 2. The Labute approximate surface area is 144 Å². The van der Waals surface area contributed by atoms with E-state index in [1.807, 2.05) is 6.92 Å². The van der Waals surface area contributed by atoms with Crippen molar-refractivity contribution in [2.24, 2.45) is 0 Å². The molecule has 8 nitrogen and oxygen atoms in total. The molecule has 0 aliphatic carbocycles. The molecule has 0 amide bonds. The van der Waals surface area contributed by atoms with Crippen LogP contribution in [0.15, 0.2) is 23.3 Å². The van der Waals surface area contributed by atoms with E-state index in [2.05, 4.69) is 15.4 Å². The number of rotatable bonds is 6. The van der Waals surface area contributed by atoms with Crippen LogP contribution in [-0.4, -0.2) is 33.1 Å². The van der Waals surface area contributed by atoms with Crippen molar-refractivity contribution in [1.82, 2.24) is 14.8 Å². The van der Waals surface area contributed by atoms with E-state index in [0.717, 1.165) is 10.2 Å². The number of aryl methyl sites for hydroxylation is 2. The number of ketones is 1.